The fourth-order valence-corrected chi connectivity index (χ4v) is 9.21. The SMILES string of the molecule is COc1ccnc(C(=O)N[C@H]2CCC[C@H](OCc3ccc(-c4cccc(CO[C@H]5[C@H](C)OC(=O)[C@@H](NC(=O)c6nccc(OC)c6O)CCC[C@@H]5Oc5ccccc5)c4)cc3)[C@@H](Oc3ccccc3)[C@H](C)OC2=O)c1O. The van der Waals surface area contributed by atoms with E-state index >= 15 is 0 Å². The fourth-order valence-electron chi connectivity index (χ4n) is 9.21. The second-order valence-electron chi connectivity index (χ2n) is 18.5. The van der Waals surface area contributed by atoms with Crippen molar-refractivity contribution in [1.82, 2.24) is 20.6 Å². The standard InChI is InChI=1S/C58H62N4O14/c1-35-53(48(75-41-16-7-5-8-17-41)23-13-21-44(57(67)73-35)62-56(66)50-52(64)46(70-4)29-31-60-50)72-34-38-14-11-15-40(32-38)39-26-24-37(25-27-39)33-71-47-22-12-20-43(61-55(65)49-51(63)45(69-3)28-30-59-49)58(68)74-36(2)54(47)76-42-18-9-6-10-19-42/h5-11,14-19,24-32,35-36,43-44,47-48,53-54,63-64H,12-13,20-23,33-34H2,1-4H3,(H,61,65)(H,62,66)/t35-,36-,43-,44-,47-,48-,53-,54-/m0/s1. The van der Waals surface area contributed by atoms with E-state index < -0.39 is 84.0 Å². The zero-order valence-electron chi connectivity index (χ0n) is 42.7. The highest BCUT2D eigenvalue weighted by Gasteiger charge is 2.39. The van der Waals surface area contributed by atoms with Crippen molar-refractivity contribution in [2.75, 3.05) is 14.2 Å². The van der Waals surface area contributed by atoms with Gasteiger partial charge in [-0.25, -0.2) is 19.6 Å². The predicted octanol–water partition coefficient (Wildman–Crippen LogP) is 8.07. The lowest BCUT2D eigenvalue weighted by atomic mass is 10.0. The van der Waals surface area contributed by atoms with E-state index in [1.165, 1.54) is 38.7 Å². The molecule has 0 saturated carbocycles. The Hall–Kier alpha value is -8.22. The largest absolute Gasteiger partial charge is 0.503 e. The van der Waals surface area contributed by atoms with E-state index in [1.807, 2.05) is 109 Å². The molecule has 398 valence electrons. The van der Waals surface area contributed by atoms with Crippen LogP contribution >= 0.6 is 0 Å². The van der Waals surface area contributed by atoms with Gasteiger partial charge in [0.1, 0.15) is 48.0 Å². The summed E-state index contributed by atoms with van der Waals surface area (Å²) in [7, 11) is 2.72. The van der Waals surface area contributed by atoms with Crippen molar-refractivity contribution in [3.8, 4) is 45.6 Å². The molecule has 4 N–H and O–H groups in total. The van der Waals surface area contributed by atoms with Crippen LogP contribution in [0.5, 0.6) is 34.5 Å². The van der Waals surface area contributed by atoms with Crippen molar-refractivity contribution >= 4 is 23.8 Å². The van der Waals surface area contributed by atoms with Gasteiger partial charge in [-0.2, -0.15) is 0 Å². The predicted molar refractivity (Wildman–Crippen MR) is 277 cm³/mol. The number of pyridine rings is 2. The Labute approximate surface area is 440 Å². The summed E-state index contributed by atoms with van der Waals surface area (Å²) in [5.74, 6) is -2.35. The summed E-state index contributed by atoms with van der Waals surface area (Å²) in [6.45, 7) is 3.86. The second kappa shape index (κ2) is 25.8. The van der Waals surface area contributed by atoms with Gasteiger partial charge in [0.15, 0.2) is 40.5 Å². The molecule has 18 nitrogen and oxygen atoms in total. The smallest absolute Gasteiger partial charge is 0.329 e. The van der Waals surface area contributed by atoms with Crippen molar-refractivity contribution in [2.45, 2.75) is 114 Å². The molecule has 0 spiro atoms. The number of hydrogen-bond acceptors (Lipinski definition) is 16. The molecule has 0 aliphatic carbocycles. The molecule has 4 aromatic carbocycles. The molecule has 2 saturated heterocycles. The Kier molecular flexibility index (Phi) is 18.4. The molecule has 2 fully saturated rings. The lowest BCUT2D eigenvalue weighted by Crippen LogP contribution is -2.46. The van der Waals surface area contributed by atoms with Gasteiger partial charge < -0.3 is 58.7 Å². The van der Waals surface area contributed by atoms with Crippen LogP contribution < -0.4 is 29.6 Å². The number of benzene rings is 4. The van der Waals surface area contributed by atoms with Crippen molar-refractivity contribution in [3.05, 3.63) is 156 Å². The zero-order valence-corrected chi connectivity index (χ0v) is 42.7. The average Bonchev–Trinajstić information content (AvgIpc) is 3.52. The third-order valence-corrected chi connectivity index (χ3v) is 13.2. The van der Waals surface area contributed by atoms with Crippen LogP contribution in [0.2, 0.25) is 0 Å². The highest BCUT2D eigenvalue weighted by atomic mass is 16.6. The number of methoxy groups -OCH3 is 2. The number of rotatable bonds is 17. The average molecular weight is 1040 g/mol. The van der Waals surface area contributed by atoms with Crippen molar-refractivity contribution in [3.63, 3.8) is 0 Å². The maximum absolute atomic E-state index is 13.7. The lowest BCUT2D eigenvalue weighted by Gasteiger charge is -2.31. The minimum absolute atomic E-state index is 0.0702. The van der Waals surface area contributed by atoms with Crippen LogP contribution in [-0.2, 0) is 41.8 Å². The number of nitrogens with one attached hydrogen (secondary N) is 2. The van der Waals surface area contributed by atoms with Crippen molar-refractivity contribution < 1.29 is 67.3 Å². The monoisotopic (exact) mass is 1040 g/mol. The maximum Gasteiger partial charge on any atom is 0.329 e. The number of carbonyl (C=O) groups is 4. The van der Waals surface area contributed by atoms with Crippen molar-refractivity contribution in [1.29, 1.82) is 0 Å². The van der Waals surface area contributed by atoms with Crippen LogP contribution in [0.25, 0.3) is 11.1 Å². The van der Waals surface area contributed by atoms with Crippen LogP contribution in [-0.4, -0.2) is 107 Å². The van der Waals surface area contributed by atoms with Crippen LogP contribution in [0.15, 0.2) is 134 Å². The first kappa shape index (κ1) is 54.1. The maximum atomic E-state index is 13.7. The summed E-state index contributed by atoms with van der Waals surface area (Å²) in [4.78, 5) is 61.8. The number of esters is 2. The summed E-state index contributed by atoms with van der Waals surface area (Å²) in [6, 6.07) is 35.3. The molecule has 2 aliphatic heterocycles. The molecular weight excluding hydrogens is 977 g/mol. The van der Waals surface area contributed by atoms with E-state index in [0.29, 0.717) is 37.2 Å². The summed E-state index contributed by atoms with van der Waals surface area (Å²) < 4.78 is 48.5. The summed E-state index contributed by atoms with van der Waals surface area (Å²) >= 11 is 0. The molecular formula is C58H62N4O14. The van der Waals surface area contributed by atoms with Gasteiger partial charge in [-0.1, -0.05) is 78.9 Å². The first-order valence-corrected chi connectivity index (χ1v) is 25.2. The Morgan fingerprint density at radius 2 is 1.08 bits per heavy atom. The number of carbonyl (C=O) groups excluding carboxylic acids is 4. The van der Waals surface area contributed by atoms with Gasteiger partial charge >= 0.3 is 11.9 Å². The van der Waals surface area contributed by atoms with Crippen LogP contribution in [0.1, 0.15) is 84.5 Å². The van der Waals surface area contributed by atoms with Crippen LogP contribution in [0.4, 0.5) is 0 Å². The highest BCUT2D eigenvalue weighted by molar-refractivity contribution is 5.98. The van der Waals surface area contributed by atoms with Crippen LogP contribution in [0, 0.1) is 0 Å². The van der Waals surface area contributed by atoms with E-state index in [9.17, 15) is 29.4 Å². The molecule has 8 atom stereocenters. The first-order valence-electron chi connectivity index (χ1n) is 25.2. The number of cyclic esters (lactones) is 2. The number of ether oxygens (including phenoxy) is 8. The van der Waals surface area contributed by atoms with Crippen LogP contribution in [0.3, 0.4) is 0 Å². The van der Waals surface area contributed by atoms with Gasteiger partial charge in [0.05, 0.1) is 33.5 Å². The molecule has 2 amide bonds. The number of amides is 2. The molecule has 0 bridgehead atoms. The zero-order chi connectivity index (χ0) is 53.6. The lowest BCUT2D eigenvalue weighted by molar-refractivity contribution is -0.164. The van der Waals surface area contributed by atoms with Gasteiger partial charge in [-0.3, -0.25) is 9.59 Å². The fraction of sp³-hybridized carbons (Fsp3) is 0.345. The molecule has 2 aliphatic rings. The normalized spacial score (nSPS) is 22.1. The van der Waals surface area contributed by atoms with Gasteiger partial charge in [0, 0.05) is 24.5 Å². The number of aromatic nitrogens is 2. The number of hydrogen-bond donors (Lipinski definition) is 4. The molecule has 8 rings (SSSR count). The molecule has 0 unspecified atom stereocenters. The summed E-state index contributed by atoms with van der Waals surface area (Å²) in [6.07, 6.45) is 0.932. The van der Waals surface area contributed by atoms with Gasteiger partial charge in [-0.05, 0) is 105 Å². The Balaban J connectivity index is 0.926. The summed E-state index contributed by atoms with van der Waals surface area (Å²) in [5, 5.41) is 26.5. The Morgan fingerprint density at radius 3 is 1.63 bits per heavy atom. The number of nitrogens with zero attached hydrogens (tertiary/aromatic N) is 2. The van der Waals surface area contributed by atoms with E-state index in [4.69, 9.17) is 37.9 Å². The third kappa shape index (κ3) is 13.7. The van der Waals surface area contributed by atoms with Crippen molar-refractivity contribution in [2.24, 2.45) is 0 Å². The minimum atomic E-state index is -1.03. The molecule has 2 aromatic heterocycles. The Bertz CT molecular complexity index is 2910. The van der Waals surface area contributed by atoms with Gasteiger partial charge in [0.2, 0.25) is 0 Å². The third-order valence-electron chi connectivity index (χ3n) is 13.2. The second-order valence-corrected chi connectivity index (χ2v) is 18.5. The molecule has 18 heteroatoms. The van der Waals surface area contributed by atoms with Gasteiger partial charge in [0.25, 0.3) is 11.8 Å². The summed E-state index contributed by atoms with van der Waals surface area (Å²) in [5.41, 5.74) is 3.10. The van der Waals surface area contributed by atoms with Gasteiger partial charge in [-0.15, -0.1) is 0 Å². The number of para-hydroxylation sites is 2. The van der Waals surface area contributed by atoms with E-state index in [0.717, 1.165) is 22.3 Å². The molecule has 0 radical (unpaired) electrons. The molecule has 76 heavy (non-hydrogen) atoms. The Morgan fingerprint density at radius 1 is 0.566 bits per heavy atom. The molecule has 4 heterocycles. The quantitative estimate of drug-likeness (QED) is 0.0633. The highest BCUT2D eigenvalue weighted by Crippen LogP contribution is 2.32. The van der Waals surface area contributed by atoms with E-state index in [1.54, 1.807) is 13.8 Å². The topological polar surface area (TPSA) is 232 Å². The van der Waals surface area contributed by atoms with E-state index in [2.05, 4.69) is 20.6 Å². The first-order chi connectivity index (χ1) is 36.9. The van der Waals surface area contributed by atoms with E-state index in [-0.39, 0.29) is 48.9 Å². The number of aromatic hydroxyl groups is 2. The molecule has 6 aromatic rings. The minimum Gasteiger partial charge on any atom is -0.503 e.